The maximum absolute atomic E-state index is 13.5. The van der Waals surface area contributed by atoms with Gasteiger partial charge >= 0.3 is 0 Å². The van der Waals surface area contributed by atoms with E-state index in [4.69, 9.17) is 0 Å². The van der Waals surface area contributed by atoms with Gasteiger partial charge < -0.3 is 0 Å². The fourth-order valence-corrected chi connectivity index (χ4v) is 4.56. The number of hydrogen-bond acceptors (Lipinski definition) is 4. The maximum atomic E-state index is 13.5. The number of Topliss-reactive ketones (excluding diaryl/α,β-unsaturated/α-hetero) is 2. The van der Waals surface area contributed by atoms with Gasteiger partial charge in [0.1, 0.15) is 0 Å². The van der Waals surface area contributed by atoms with E-state index in [-0.39, 0.29) is 29.5 Å². The van der Waals surface area contributed by atoms with E-state index in [0.717, 1.165) is 11.1 Å². The molecule has 0 unspecified atom stereocenters. The van der Waals surface area contributed by atoms with E-state index >= 15 is 0 Å². The van der Waals surface area contributed by atoms with Crippen molar-refractivity contribution in [1.29, 1.82) is 0 Å². The third kappa shape index (κ3) is 3.79. The van der Waals surface area contributed by atoms with Crippen LogP contribution < -0.4 is 0 Å². The molecule has 0 amide bonds. The first-order chi connectivity index (χ1) is 14.6. The van der Waals surface area contributed by atoms with Crippen LogP contribution in [0, 0.1) is 16.0 Å². The Morgan fingerprint density at radius 1 is 0.733 bits per heavy atom. The Kier molecular flexibility index (Phi) is 5.53. The van der Waals surface area contributed by atoms with E-state index in [1.165, 1.54) is 0 Å². The lowest BCUT2D eigenvalue weighted by atomic mass is 9.78. The summed E-state index contributed by atoms with van der Waals surface area (Å²) in [6.45, 7) is -0.337. The molecular weight excluding hydrogens is 378 g/mol. The highest BCUT2D eigenvalue weighted by Gasteiger charge is 2.47. The molecule has 1 aliphatic carbocycles. The van der Waals surface area contributed by atoms with Crippen molar-refractivity contribution in [2.75, 3.05) is 6.54 Å². The van der Waals surface area contributed by atoms with Crippen LogP contribution in [-0.4, -0.2) is 23.0 Å². The summed E-state index contributed by atoms with van der Waals surface area (Å²) in [6.07, 6.45) is 0.137. The second-order valence-electron chi connectivity index (χ2n) is 7.61. The van der Waals surface area contributed by atoms with Crippen molar-refractivity contribution in [1.82, 2.24) is 0 Å². The van der Waals surface area contributed by atoms with Crippen LogP contribution in [0.4, 0.5) is 0 Å². The van der Waals surface area contributed by atoms with Crippen molar-refractivity contribution >= 4 is 11.6 Å². The van der Waals surface area contributed by atoms with Crippen molar-refractivity contribution in [2.24, 2.45) is 5.92 Å². The van der Waals surface area contributed by atoms with E-state index in [2.05, 4.69) is 0 Å². The average Bonchev–Trinajstić information content (AvgIpc) is 3.07. The molecule has 0 saturated carbocycles. The molecule has 3 aromatic carbocycles. The van der Waals surface area contributed by atoms with Crippen LogP contribution in [0.25, 0.3) is 0 Å². The Morgan fingerprint density at radius 3 is 1.80 bits per heavy atom. The van der Waals surface area contributed by atoms with Gasteiger partial charge in [0, 0.05) is 34.3 Å². The van der Waals surface area contributed by atoms with Crippen molar-refractivity contribution < 1.29 is 14.5 Å². The monoisotopic (exact) mass is 399 g/mol. The Bertz CT molecular complexity index is 1080. The van der Waals surface area contributed by atoms with Crippen molar-refractivity contribution in [3.8, 4) is 0 Å². The fourth-order valence-electron chi connectivity index (χ4n) is 4.56. The quantitative estimate of drug-likeness (QED) is 0.321. The molecule has 0 aliphatic heterocycles. The standard InChI is InChI=1S/C25H21NO4/c27-23(17-9-3-1-4-10-17)15-21-19-13-7-8-14-20(19)22(16-26(29)30)24(21)25(28)18-11-5-2-6-12-18/h1-14,21-22,24H,15-16H2/t21-,22+,24+/m0/s1. The zero-order chi connectivity index (χ0) is 21.1. The molecule has 5 heteroatoms. The first kappa shape index (κ1) is 19.7. The first-order valence-corrected chi connectivity index (χ1v) is 9.94. The first-order valence-electron chi connectivity index (χ1n) is 9.94. The van der Waals surface area contributed by atoms with Crippen molar-refractivity contribution in [3.63, 3.8) is 0 Å². The smallest absolute Gasteiger partial charge is 0.211 e. The Labute approximate surface area is 174 Å². The second kappa shape index (κ2) is 8.41. The van der Waals surface area contributed by atoms with Crippen LogP contribution in [0.5, 0.6) is 0 Å². The largest absolute Gasteiger partial charge is 0.294 e. The minimum atomic E-state index is -0.650. The molecule has 5 nitrogen and oxygen atoms in total. The SMILES string of the molecule is O=C(C[C@H]1c2ccccc2[C@@H](C[N+](=O)[O-])[C@@H]1C(=O)c1ccccc1)c1ccccc1. The topological polar surface area (TPSA) is 77.3 Å². The summed E-state index contributed by atoms with van der Waals surface area (Å²) in [7, 11) is 0. The Morgan fingerprint density at radius 2 is 1.23 bits per heavy atom. The van der Waals surface area contributed by atoms with E-state index in [9.17, 15) is 19.7 Å². The van der Waals surface area contributed by atoms with Gasteiger partial charge in [-0.05, 0) is 11.1 Å². The molecule has 0 heterocycles. The van der Waals surface area contributed by atoms with Gasteiger partial charge in [0.15, 0.2) is 11.6 Å². The van der Waals surface area contributed by atoms with Crippen LogP contribution >= 0.6 is 0 Å². The van der Waals surface area contributed by atoms with E-state index in [1.807, 2.05) is 36.4 Å². The maximum Gasteiger partial charge on any atom is 0.211 e. The zero-order valence-electron chi connectivity index (χ0n) is 16.3. The molecule has 30 heavy (non-hydrogen) atoms. The Balaban J connectivity index is 1.76. The number of fused-ring (bicyclic) bond motifs is 1. The van der Waals surface area contributed by atoms with Crippen LogP contribution in [0.3, 0.4) is 0 Å². The number of benzene rings is 3. The average molecular weight is 399 g/mol. The molecule has 3 aromatic rings. The molecule has 0 fully saturated rings. The molecule has 0 N–H and O–H groups in total. The highest BCUT2D eigenvalue weighted by Crippen LogP contribution is 2.49. The molecular formula is C25H21NO4. The lowest BCUT2D eigenvalue weighted by molar-refractivity contribution is -0.484. The molecule has 0 aromatic heterocycles. The van der Waals surface area contributed by atoms with Crippen molar-refractivity contribution in [2.45, 2.75) is 18.3 Å². The lowest BCUT2D eigenvalue weighted by Gasteiger charge is -2.22. The number of carbonyl (C=O) groups is 2. The van der Waals surface area contributed by atoms with Crippen LogP contribution in [0.2, 0.25) is 0 Å². The summed E-state index contributed by atoms with van der Waals surface area (Å²) in [5.41, 5.74) is 2.76. The number of carbonyl (C=O) groups excluding carboxylic acids is 2. The van der Waals surface area contributed by atoms with Crippen molar-refractivity contribution in [3.05, 3.63) is 117 Å². The van der Waals surface area contributed by atoms with Gasteiger partial charge in [0.25, 0.3) is 0 Å². The molecule has 3 atom stereocenters. The van der Waals surface area contributed by atoms with E-state index < -0.39 is 17.8 Å². The molecule has 0 radical (unpaired) electrons. The second-order valence-corrected chi connectivity index (χ2v) is 7.61. The summed E-state index contributed by atoms with van der Waals surface area (Å²) in [6, 6.07) is 25.2. The Hall–Kier alpha value is -3.60. The number of ketones is 2. The molecule has 1 aliphatic rings. The normalized spacial score (nSPS) is 19.8. The summed E-state index contributed by atoms with van der Waals surface area (Å²) in [5.74, 6) is -1.82. The third-order valence-electron chi connectivity index (χ3n) is 5.87. The molecule has 0 spiro atoms. The fraction of sp³-hybridized carbons (Fsp3) is 0.200. The number of rotatable bonds is 7. The number of hydrogen-bond donors (Lipinski definition) is 0. The van der Waals surface area contributed by atoms with Gasteiger partial charge in [0.05, 0.1) is 5.92 Å². The molecule has 4 rings (SSSR count). The minimum absolute atomic E-state index is 0.0667. The van der Waals surface area contributed by atoms with Crippen LogP contribution in [0.15, 0.2) is 84.9 Å². The minimum Gasteiger partial charge on any atom is -0.294 e. The van der Waals surface area contributed by atoms with Crippen LogP contribution in [0.1, 0.15) is 50.1 Å². The summed E-state index contributed by atoms with van der Waals surface area (Å²) in [4.78, 5) is 37.6. The third-order valence-corrected chi connectivity index (χ3v) is 5.87. The number of nitrogens with zero attached hydrogens (tertiary/aromatic N) is 1. The predicted molar refractivity (Wildman–Crippen MR) is 113 cm³/mol. The lowest BCUT2D eigenvalue weighted by Crippen LogP contribution is -2.28. The van der Waals surface area contributed by atoms with Gasteiger partial charge in [-0.15, -0.1) is 0 Å². The highest BCUT2D eigenvalue weighted by molar-refractivity contribution is 6.01. The molecule has 0 saturated heterocycles. The van der Waals surface area contributed by atoms with Gasteiger partial charge in [-0.1, -0.05) is 84.9 Å². The van der Waals surface area contributed by atoms with Gasteiger partial charge in [-0.25, -0.2) is 0 Å². The van der Waals surface area contributed by atoms with E-state index in [1.54, 1.807) is 48.5 Å². The zero-order valence-corrected chi connectivity index (χ0v) is 16.3. The molecule has 0 bridgehead atoms. The summed E-state index contributed by atoms with van der Waals surface area (Å²) in [5, 5.41) is 11.4. The highest BCUT2D eigenvalue weighted by atomic mass is 16.6. The van der Waals surface area contributed by atoms with Gasteiger partial charge in [0.2, 0.25) is 6.54 Å². The summed E-state index contributed by atoms with van der Waals surface area (Å²) >= 11 is 0. The van der Waals surface area contributed by atoms with Crippen LogP contribution in [-0.2, 0) is 0 Å². The predicted octanol–water partition coefficient (Wildman–Crippen LogP) is 4.92. The number of nitro groups is 1. The van der Waals surface area contributed by atoms with Gasteiger partial charge in [-0.3, -0.25) is 19.7 Å². The summed E-state index contributed by atoms with van der Waals surface area (Å²) < 4.78 is 0. The molecule has 150 valence electrons. The van der Waals surface area contributed by atoms with E-state index in [0.29, 0.717) is 11.1 Å². The van der Waals surface area contributed by atoms with Gasteiger partial charge in [-0.2, -0.15) is 0 Å².